The van der Waals surface area contributed by atoms with Crippen molar-refractivity contribution in [1.29, 1.82) is 0 Å². The zero-order valence-corrected chi connectivity index (χ0v) is 24.8. The van der Waals surface area contributed by atoms with E-state index in [0.29, 0.717) is 42.9 Å². The minimum absolute atomic E-state index is 0.113. The maximum absolute atomic E-state index is 12.8. The molecule has 44 heavy (non-hydrogen) atoms. The second kappa shape index (κ2) is 14.1. The fourth-order valence-electron chi connectivity index (χ4n) is 5.70. The summed E-state index contributed by atoms with van der Waals surface area (Å²) in [5.74, 6) is -0.499. The van der Waals surface area contributed by atoms with E-state index in [1.807, 2.05) is 24.0 Å². The second-order valence-corrected chi connectivity index (χ2v) is 11.2. The van der Waals surface area contributed by atoms with Crippen LogP contribution < -0.4 is 10.7 Å². The monoisotopic (exact) mass is 597 g/mol. The number of likely N-dealkylation sites (tertiary alicyclic amines) is 2. The van der Waals surface area contributed by atoms with E-state index in [2.05, 4.69) is 17.4 Å². The lowest BCUT2D eigenvalue weighted by molar-refractivity contribution is -0.131. The van der Waals surface area contributed by atoms with Crippen LogP contribution in [0.15, 0.2) is 88.1 Å². The van der Waals surface area contributed by atoms with Gasteiger partial charge in [-0.2, -0.15) is 0 Å². The van der Waals surface area contributed by atoms with Crippen molar-refractivity contribution < 1.29 is 23.2 Å². The van der Waals surface area contributed by atoms with Crippen molar-refractivity contribution in [3.05, 3.63) is 117 Å². The molecule has 3 heterocycles. The Morgan fingerprint density at radius 2 is 1.64 bits per heavy atom. The summed E-state index contributed by atoms with van der Waals surface area (Å²) in [4.78, 5) is 53.3. The molecule has 2 saturated heterocycles. The number of piperidine rings is 1. The van der Waals surface area contributed by atoms with Gasteiger partial charge < -0.3 is 19.5 Å². The molecule has 1 aromatic heterocycles. The standard InChI is InChI=1S/C28H29N3O5.C7H7F/c32-23-16-25(36-24-9-4-3-8-22(23)24)28(35)29-17-27(34)30-14-11-19(12-15-30)21-7-2-1-6-20(21)18-31-13-5-10-26(31)33;1-6-2-4-7(8)5-3-6/h1-4,6-9,16,19H,5,10-15,17-18H2,(H,29,35);2-5H,1H3. The van der Waals surface area contributed by atoms with E-state index in [9.17, 15) is 23.6 Å². The van der Waals surface area contributed by atoms with Crippen LogP contribution in [0.1, 0.15) is 58.8 Å². The maximum atomic E-state index is 12.8. The molecule has 3 amide bonds. The van der Waals surface area contributed by atoms with Gasteiger partial charge in [0.05, 0.1) is 11.9 Å². The number of carbonyl (C=O) groups is 3. The van der Waals surface area contributed by atoms with Crippen molar-refractivity contribution in [1.82, 2.24) is 15.1 Å². The predicted molar refractivity (Wildman–Crippen MR) is 166 cm³/mol. The summed E-state index contributed by atoms with van der Waals surface area (Å²) < 4.78 is 17.6. The van der Waals surface area contributed by atoms with Crippen LogP contribution in [0.4, 0.5) is 4.39 Å². The molecule has 1 N–H and O–H groups in total. The minimum Gasteiger partial charge on any atom is -0.451 e. The highest BCUT2D eigenvalue weighted by atomic mass is 19.1. The average molecular weight is 598 g/mol. The van der Waals surface area contributed by atoms with Crippen molar-refractivity contribution in [3.63, 3.8) is 0 Å². The van der Waals surface area contributed by atoms with Gasteiger partial charge in [0.25, 0.3) is 5.91 Å². The molecule has 0 spiro atoms. The molecule has 0 atom stereocenters. The summed E-state index contributed by atoms with van der Waals surface area (Å²) in [6.45, 7) is 4.43. The summed E-state index contributed by atoms with van der Waals surface area (Å²) in [7, 11) is 0. The van der Waals surface area contributed by atoms with Crippen LogP contribution >= 0.6 is 0 Å². The number of aryl methyl sites for hydroxylation is 1. The van der Waals surface area contributed by atoms with Crippen LogP contribution in [-0.2, 0) is 16.1 Å². The first-order valence-electron chi connectivity index (χ1n) is 14.9. The Morgan fingerprint density at radius 3 is 2.34 bits per heavy atom. The van der Waals surface area contributed by atoms with Gasteiger partial charge in [0.2, 0.25) is 11.8 Å². The van der Waals surface area contributed by atoms with Crippen molar-refractivity contribution in [3.8, 4) is 0 Å². The number of benzene rings is 3. The lowest BCUT2D eigenvalue weighted by atomic mass is 9.86. The Kier molecular flexibility index (Phi) is 9.84. The quantitative estimate of drug-likeness (QED) is 0.330. The third kappa shape index (κ3) is 7.58. The molecule has 0 bridgehead atoms. The van der Waals surface area contributed by atoms with Crippen LogP contribution in [0.5, 0.6) is 0 Å². The van der Waals surface area contributed by atoms with Crippen LogP contribution in [0.3, 0.4) is 0 Å². The number of hydrogen-bond donors (Lipinski definition) is 1. The molecule has 9 heteroatoms. The number of halogens is 1. The van der Waals surface area contributed by atoms with E-state index < -0.39 is 5.91 Å². The zero-order chi connectivity index (χ0) is 31.1. The highest BCUT2D eigenvalue weighted by Crippen LogP contribution is 2.31. The van der Waals surface area contributed by atoms with Crippen molar-refractivity contribution in [2.24, 2.45) is 0 Å². The zero-order valence-electron chi connectivity index (χ0n) is 24.8. The Morgan fingerprint density at radius 1 is 0.932 bits per heavy atom. The molecule has 8 nitrogen and oxygen atoms in total. The molecule has 2 aliphatic heterocycles. The van der Waals surface area contributed by atoms with Gasteiger partial charge in [0, 0.05) is 38.7 Å². The van der Waals surface area contributed by atoms with Crippen LogP contribution in [0, 0.1) is 12.7 Å². The number of nitrogens with one attached hydrogen (secondary N) is 1. The molecule has 4 aromatic rings. The smallest absolute Gasteiger partial charge is 0.287 e. The third-order valence-electron chi connectivity index (χ3n) is 8.14. The fourth-order valence-corrected chi connectivity index (χ4v) is 5.70. The van der Waals surface area contributed by atoms with E-state index in [1.54, 1.807) is 41.3 Å². The Balaban J connectivity index is 0.000000418. The fraction of sp³-hybridized carbons (Fsp3) is 0.314. The van der Waals surface area contributed by atoms with Gasteiger partial charge in [0.15, 0.2) is 11.2 Å². The second-order valence-electron chi connectivity index (χ2n) is 11.2. The molecular formula is C35H36FN3O5. The predicted octanol–water partition coefficient (Wildman–Crippen LogP) is 5.19. The van der Waals surface area contributed by atoms with Gasteiger partial charge in [-0.05, 0) is 67.5 Å². The molecular weight excluding hydrogens is 561 g/mol. The first-order chi connectivity index (χ1) is 21.3. The van der Waals surface area contributed by atoms with Gasteiger partial charge in [-0.25, -0.2) is 4.39 Å². The highest BCUT2D eigenvalue weighted by molar-refractivity contribution is 5.95. The number of amides is 3. The molecule has 6 rings (SSSR count). The first-order valence-corrected chi connectivity index (χ1v) is 14.9. The van der Waals surface area contributed by atoms with Crippen molar-refractivity contribution in [2.45, 2.75) is 45.1 Å². The van der Waals surface area contributed by atoms with E-state index >= 15 is 0 Å². The summed E-state index contributed by atoms with van der Waals surface area (Å²) >= 11 is 0. The number of hydrogen-bond acceptors (Lipinski definition) is 5. The maximum Gasteiger partial charge on any atom is 0.287 e. The van der Waals surface area contributed by atoms with Gasteiger partial charge >= 0.3 is 0 Å². The molecule has 3 aromatic carbocycles. The number of fused-ring (bicyclic) bond motifs is 1. The lowest BCUT2D eigenvalue weighted by Gasteiger charge is -2.33. The average Bonchev–Trinajstić information content (AvgIpc) is 3.45. The van der Waals surface area contributed by atoms with Crippen molar-refractivity contribution >= 4 is 28.7 Å². The lowest BCUT2D eigenvalue weighted by Crippen LogP contribution is -2.44. The molecule has 228 valence electrons. The highest BCUT2D eigenvalue weighted by Gasteiger charge is 2.27. The van der Waals surface area contributed by atoms with E-state index in [4.69, 9.17) is 4.42 Å². The summed E-state index contributed by atoms with van der Waals surface area (Å²) in [5, 5.41) is 2.99. The Labute approximate surface area is 255 Å². The summed E-state index contributed by atoms with van der Waals surface area (Å²) in [6.07, 6.45) is 3.20. The molecule has 2 fully saturated rings. The van der Waals surface area contributed by atoms with Crippen LogP contribution in [-0.4, -0.2) is 53.7 Å². The number of para-hydroxylation sites is 1. The largest absolute Gasteiger partial charge is 0.451 e. The molecule has 0 radical (unpaired) electrons. The van der Waals surface area contributed by atoms with Gasteiger partial charge in [-0.15, -0.1) is 0 Å². The Hall–Kier alpha value is -4.79. The van der Waals surface area contributed by atoms with E-state index in [1.165, 1.54) is 23.3 Å². The van der Waals surface area contributed by atoms with Gasteiger partial charge in [0.1, 0.15) is 11.4 Å². The van der Waals surface area contributed by atoms with E-state index in [-0.39, 0.29) is 35.4 Å². The minimum atomic E-state index is -0.591. The third-order valence-corrected chi connectivity index (χ3v) is 8.14. The molecule has 0 saturated carbocycles. The number of carbonyl (C=O) groups excluding carboxylic acids is 3. The van der Waals surface area contributed by atoms with E-state index in [0.717, 1.165) is 37.4 Å². The Bertz CT molecular complexity index is 1670. The normalized spacial score (nSPS) is 15.2. The topological polar surface area (TPSA) is 99.9 Å². The molecule has 0 unspecified atom stereocenters. The molecule has 2 aliphatic rings. The first kappa shape index (κ1) is 30.7. The van der Waals surface area contributed by atoms with Gasteiger partial charge in [-0.3, -0.25) is 19.2 Å². The number of rotatable bonds is 6. The van der Waals surface area contributed by atoms with Crippen LogP contribution in [0.2, 0.25) is 0 Å². The summed E-state index contributed by atoms with van der Waals surface area (Å²) in [6, 6.07) is 22.6. The van der Waals surface area contributed by atoms with Crippen molar-refractivity contribution in [2.75, 3.05) is 26.2 Å². The summed E-state index contributed by atoms with van der Waals surface area (Å²) in [5.41, 5.74) is 3.56. The SMILES string of the molecule is Cc1ccc(F)cc1.O=C(NCC(=O)N1CCC(c2ccccc2CN2CCCC2=O)CC1)c1cc(=O)c2ccccc2o1. The van der Waals surface area contributed by atoms with Crippen LogP contribution in [0.25, 0.3) is 11.0 Å². The molecule has 0 aliphatic carbocycles. The van der Waals surface area contributed by atoms with Gasteiger partial charge in [-0.1, -0.05) is 54.1 Å². The number of nitrogens with zero attached hydrogens (tertiary/aromatic N) is 2.